The number of benzene rings is 1. The van der Waals surface area contributed by atoms with Crippen molar-refractivity contribution in [2.45, 2.75) is 33.7 Å². The van der Waals surface area contributed by atoms with E-state index >= 15 is 0 Å². The van der Waals surface area contributed by atoms with Gasteiger partial charge in [0.05, 0.1) is 11.4 Å². The fourth-order valence-electron chi connectivity index (χ4n) is 3.52. The van der Waals surface area contributed by atoms with Crippen molar-refractivity contribution in [2.75, 3.05) is 0 Å². The molecule has 23 heavy (non-hydrogen) atoms. The van der Waals surface area contributed by atoms with Crippen LogP contribution in [0.2, 0.25) is 0 Å². The summed E-state index contributed by atoms with van der Waals surface area (Å²) in [6.45, 7) is 6.88. The summed E-state index contributed by atoms with van der Waals surface area (Å²) in [7, 11) is 0. The van der Waals surface area contributed by atoms with E-state index in [4.69, 9.17) is 0 Å². The zero-order valence-corrected chi connectivity index (χ0v) is 14.5. The van der Waals surface area contributed by atoms with E-state index in [1.165, 1.54) is 38.4 Å². The largest absolute Gasteiger partial charge is 0.337 e. The van der Waals surface area contributed by atoms with E-state index in [2.05, 4.69) is 54.1 Å². The smallest absolute Gasteiger partial charge is 0.176 e. The fourth-order valence-corrected chi connectivity index (χ4v) is 4.26. The summed E-state index contributed by atoms with van der Waals surface area (Å²) in [6, 6.07) is 10.9. The number of hydrogen-bond donors (Lipinski definition) is 0. The number of hydrogen-bond acceptors (Lipinski definition) is 2. The van der Waals surface area contributed by atoms with Gasteiger partial charge in [-0.1, -0.05) is 12.1 Å². The van der Waals surface area contributed by atoms with Gasteiger partial charge >= 0.3 is 0 Å². The number of carbonyl (C=O) groups excluding carboxylic acids is 1. The molecule has 4 rings (SSSR count). The van der Waals surface area contributed by atoms with Crippen LogP contribution in [0.1, 0.15) is 34.1 Å². The quantitative estimate of drug-likeness (QED) is 0.590. The second-order valence-electron chi connectivity index (χ2n) is 6.32. The molecule has 2 nitrogen and oxygen atoms in total. The maximum Gasteiger partial charge on any atom is 0.176 e. The predicted molar refractivity (Wildman–Crippen MR) is 96.4 cm³/mol. The van der Waals surface area contributed by atoms with Gasteiger partial charge in [-0.15, -0.1) is 11.3 Å². The summed E-state index contributed by atoms with van der Waals surface area (Å²) < 4.78 is 2.22. The van der Waals surface area contributed by atoms with Gasteiger partial charge in [-0.25, -0.2) is 0 Å². The Labute approximate surface area is 140 Å². The van der Waals surface area contributed by atoms with Crippen molar-refractivity contribution < 1.29 is 4.79 Å². The molecule has 0 N–H and O–H groups in total. The molecule has 0 fully saturated rings. The van der Waals surface area contributed by atoms with Gasteiger partial charge in [-0.3, -0.25) is 4.79 Å². The van der Waals surface area contributed by atoms with Crippen LogP contribution in [-0.2, 0) is 13.0 Å². The van der Waals surface area contributed by atoms with Crippen LogP contribution in [0.15, 0.2) is 35.7 Å². The highest BCUT2D eigenvalue weighted by molar-refractivity contribution is 7.13. The summed E-state index contributed by atoms with van der Waals surface area (Å²) in [5, 5.41) is 2.09. The molecule has 2 aromatic heterocycles. The first-order valence-corrected chi connectivity index (χ1v) is 8.83. The molecule has 3 heterocycles. The van der Waals surface area contributed by atoms with Crippen LogP contribution in [0.3, 0.4) is 0 Å². The Morgan fingerprint density at radius 3 is 2.61 bits per heavy atom. The predicted octanol–water partition coefficient (Wildman–Crippen LogP) is 5.26. The molecule has 3 heteroatoms. The van der Waals surface area contributed by atoms with Gasteiger partial charge in [0.15, 0.2) is 5.78 Å². The van der Waals surface area contributed by atoms with Crippen molar-refractivity contribution in [3.63, 3.8) is 0 Å². The zero-order valence-electron chi connectivity index (χ0n) is 13.6. The van der Waals surface area contributed by atoms with Gasteiger partial charge in [0.25, 0.3) is 0 Å². The van der Waals surface area contributed by atoms with Crippen molar-refractivity contribution in [3.05, 3.63) is 58.1 Å². The van der Waals surface area contributed by atoms with E-state index in [1.807, 2.05) is 0 Å². The molecular formula is C20H19NOS. The third-order valence-corrected chi connectivity index (χ3v) is 5.73. The van der Waals surface area contributed by atoms with Gasteiger partial charge in [0.1, 0.15) is 0 Å². The second kappa shape index (κ2) is 5.20. The Morgan fingerprint density at radius 1 is 1.13 bits per heavy atom. The van der Waals surface area contributed by atoms with Gasteiger partial charge in [0, 0.05) is 29.5 Å². The molecule has 1 aromatic carbocycles. The summed E-state index contributed by atoms with van der Waals surface area (Å²) in [5.74, 6) is 0.140. The van der Waals surface area contributed by atoms with Gasteiger partial charge in [0.2, 0.25) is 0 Å². The first-order valence-electron chi connectivity index (χ1n) is 7.95. The number of ketones is 1. The molecule has 0 atom stereocenters. The monoisotopic (exact) mass is 321 g/mol. The van der Waals surface area contributed by atoms with Crippen LogP contribution in [0.25, 0.3) is 21.7 Å². The highest BCUT2D eigenvalue weighted by Gasteiger charge is 2.25. The number of aryl methyl sites for hydroxylation is 3. The van der Waals surface area contributed by atoms with E-state index in [0.717, 1.165) is 18.7 Å². The highest BCUT2D eigenvalue weighted by atomic mass is 32.1. The number of nitrogens with zero attached hydrogens (tertiary/aromatic N) is 1. The van der Waals surface area contributed by atoms with Gasteiger partial charge in [-0.2, -0.15) is 0 Å². The first-order chi connectivity index (χ1) is 11.1. The molecule has 0 unspecified atom stereocenters. The minimum Gasteiger partial charge on any atom is -0.337 e. The van der Waals surface area contributed by atoms with Crippen LogP contribution in [0.5, 0.6) is 0 Å². The lowest BCUT2D eigenvalue weighted by molar-refractivity contribution is 0.100. The molecule has 0 saturated carbocycles. The van der Waals surface area contributed by atoms with Crippen molar-refractivity contribution in [1.82, 2.24) is 4.57 Å². The molecule has 0 saturated heterocycles. The first kappa shape index (κ1) is 14.5. The molecule has 0 amide bonds. The molecular weight excluding hydrogens is 302 g/mol. The molecule has 0 bridgehead atoms. The SMILES string of the molecule is CC(=O)c1cc(-c2cccs2)c2n1CCc1cc(C)c(C)cc1-2. The lowest BCUT2D eigenvalue weighted by atomic mass is 9.92. The lowest BCUT2D eigenvalue weighted by Gasteiger charge is -2.23. The number of thiophene rings is 1. The summed E-state index contributed by atoms with van der Waals surface area (Å²) in [4.78, 5) is 13.3. The van der Waals surface area contributed by atoms with Crippen LogP contribution in [0, 0.1) is 13.8 Å². The molecule has 0 spiro atoms. The van der Waals surface area contributed by atoms with Crippen LogP contribution >= 0.6 is 11.3 Å². The topological polar surface area (TPSA) is 22.0 Å². The van der Waals surface area contributed by atoms with Crippen molar-refractivity contribution in [3.8, 4) is 21.7 Å². The van der Waals surface area contributed by atoms with E-state index in [1.54, 1.807) is 18.3 Å². The number of Topliss-reactive ketones (excluding diaryl/α,β-unsaturated/α-hetero) is 1. The average Bonchev–Trinajstić information content (AvgIpc) is 3.14. The average molecular weight is 321 g/mol. The third kappa shape index (κ3) is 2.19. The maximum absolute atomic E-state index is 12.1. The minimum absolute atomic E-state index is 0.140. The Kier molecular flexibility index (Phi) is 3.27. The van der Waals surface area contributed by atoms with Gasteiger partial charge < -0.3 is 4.57 Å². The Morgan fingerprint density at radius 2 is 1.91 bits per heavy atom. The maximum atomic E-state index is 12.1. The van der Waals surface area contributed by atoms with Crippen molar-refractivity contribution in [2.24, 2.45) is 0 Å². The van der Waals surface area contributed by atoms with E-state index < -0.39 is 0 Å². The van der Waals surface area contributed by atoms with Crippen molar-refractivity contribution >= 4 is 17.1 Å². The molecule has 0 aliphatic carbocycles. The summed E-state index contributed by atoms with van der Waals surface area (Å²) in [6.07, 6.45) is 0.988. The standard InChI is InChI=1S/C20H19NOS/c1-12-9-15-6-7-21-18(14(3)22)11-17(19-5-4-8-23-19)20(21)16(15)10-13(12)2/h4-5,8-11H,6-7H2,1-3H3. The number of rotatable bonds is 2. The summed E-state index contributed by atoms with van der Waals surface area (Å²) in [5.41, 5.74) is 8.55. The van der Waals surface area contributed by atoms with Gasteiger partial charge in [-0.05, 0) is 60.5 Å². The molecule has 3 aromatic rings. The van der Waals surface area contributed by atoms with E-state index in [9.17, 15) is 4.79 Å². The van der Waals surface area contributed by atoms with E-state index in [-0.39, 0.29) is 5.78 Å². The van der Waals surface area contributed by atoms with Crippen LogP contribution in [0.4, 0.5) is 0 Å². The zero-order chi connectivity index (χ0) is 16.1. The Bertz CT molecular complexity index is 916. The van der Waals surface area contributed by atoms with E-state index in [0.29, 0.717) is 0 Å². The highest BCUT2D eigenvalue weighted by Crippen LogP contribution is 2.42. The van der Waals surface area contributed by atoms with Crippen LogP contribution < -0.4 is 0 Å². The lowest BCUT2D eigenvalue weighted by Crippen LogP contribution is -2.15. The number of carbonyl (C=O) groups is 1. The van der Waals surface area contributed by atoms with Crippen LogP contribution in [-0.4, -0.2) is 10.4 Å². The number of fused-ring (bicyclic) bond motifs is 3. The molecule has 1 aliphatic heterocycles. The van der Waals surface area contributed by atoms with Crippen molar-refractivity contribution in [1.29, 1.82) is 0 Å². The minimum atomic E-state index is 0.140. The third-order valence-electron chi connectivity index (χ3n) is 4.82. The molecule has 116 valence electrons. The fraction of sp³-hybridized carbons (Fsp3) is 0.250. The Balaban J connectivity index is 2.05. The molecule has 1 aliphatic rings. The summed E-state index contributed by atoms with van der Waals surface area (Å²) >= 11 is 1.73. The normalized spacial score (nSPS) is 12.8. The Hall–Kier alpha value is -2.13. The number of aromatic nitrogens is 1. The molecule has 0 radical (unpaired) electrons. The second-order valence-corrected chi connectivity index (χ2v) is 7.27.